The van der Waals surface area contributed by atoms with Gasteiger partial charge in [0.05, 0.1) is 24.2 Å². The Kier molecular flexibility index (Phi) is 5.89. The summed E-state index contributed by atoms with van der Waals surface area (Å²) in [6, 6.07) is 25.5. The lowest BCUT2D eigenvalue weighted by Gasteiger charge is -2.28. The van der Waals surface area contributed by atoms with E-state index in [1.165, 1.54) is 0 Å². The van der Waals surface area contributed by atoms with Gasteiger partial charge in [0.25, 0.3) is 0 Å². The Morgan fingerprint density at radius 1 is 0.939 bits per heavy atom. The Bertz CT molecular complexity index is 1260. The number of aromatic nitrogens is 2. The average molecular weight is 439 g/mol. The molecule has 1 saturated heterocycles. The number of carbonyl (C=O) groups excluding carboxylic acids is 2. The van der Waals surface area contributed by atoms with Crippen LogP contribution in [0.2, 0.25) is 0 Å². The van der Waals surface area contributed by atoms with Crippen LogP contribution >= 0.6 is 0 Å². The fourth-order valence-electron chi connectivity index (χ4n) is 4.38. The summed E-state index contributed by atoms with van der Waals surface area (Å²) < 4.78 is 0. The topological polar surface area (TPSA) is 69.3 Å². The third-order valence-corrected chi connectivity index (χ3v) is 6.15. The van der Waals surface area contributed by atoms with Crippen LogP contribution < -0.4 is 9.80 Å². The van der Waals surface area contributed by atoms with Crippen molar-refractivity contribution in [3.63, 3.8) is 0 Å². The van der Waals surface area contributed by atoms with Crippen molar-refractivity contribution in [3.05, 3.63) is 90.1 Å². The lowest BCUT2D eigenvalue weighted by molar-refractivity contribution is -0.119. The quantitative estimate of drug-likeness (QED) is 0.468. The fraction of sp³-hybridized carbons (Fsp3) is 0.222. The van der Waals surface area contributed by atoms with Crippen molar-refractivity contribution in [3.8, 4) is 0 Å². The van der Waals surface area contributed by atoms with Gasteiger partial charge in [-0.3, -0.25) is 14.7 Å². The number of nitrogens with one attached hydrogen (secondary N) is 1. The largest absolute Gasteiger partial charge is 0.312 e. The molecule has 1 fully saturated rings. The summed E-state index contributed by atoms with van der Waals surface area (Å²) in [5.41, 5.74) is 4.40. The first-order valence-electron chi connectivity index (χ1n) is 11.4. The molecule has 1 N–H and O–H groups in total. The summed E-state index contributed by atoms with van der Waals surface area (Å²) in [5.74, 6) is 0.146. The summed E-state index contributed by atoms with van der Waals surface area (Å²) in [4.78, 5) is 29.5. The van der Waals surface area contributed by atoms with Crippen LogP contribution in [0, 0.1) is 0 Å². The number of rotatable bonds is 6. The van der Waals surface area contributed by atoms with E-state index in [9.17, 15) is 9.59 Å². The maximum Gasteiger partial charge on any atom is 0.233 e. The molecule has 1 aromatic heterocycles. The molecule has 0 bridgehead atoms. The van der Waals surface area contributed by atoms with Gasteiger partial charge in [-0.05, 0) is 48.7 Å². The van der Waals surface area contributed by atoms with Gasteiger partial charge in [-0.25, -0.2) is 0 Å². The van der Waals surface area contributed by atoms with Gasteiger partial charge in [0.2, 0.25) is 11.8 Å². The van der Waals surface area contributed by atoms with Gasteiger partial charge in [0.15, 0.2) is 0 Å². The Morgan fingerprint density at radius 3 is 2.48 bits per heavy atom. The SMILES string of the molecule is O=C1CCCCN1c1ccc(N(Cc2ccccc2)C(=O)Cc2[nH]nc3ccccc23)cc1. The summed E-state index contributed by atoms with van der Waals surface area (Å²) in [7, 11) is 0. The minimum Gasteiger partial charge on any atom is -0.312 e. The second-order valence-electron chi connectivity index (χ2n) is 8.38. The molecule has 1 aliphatic heterocycles. The van der Waals surface area contributed by atoms with Crippen molar-refractivity contribution in [2.24, 2.45) is 0 Å². The van der Waals surface area contributed by atoms with Gasteiger partial charge in [-0.15, -0.1) is 0 Å². The first-order valence-corrected chi connectivity index (χ1v) is 11.4. The second kappa shape index (κ2) is 9.28. The van der Waals surface area contributed by atoms with E-state index < -0.39 is 0 Å². The highest BCUT2D eigenvalue weighted by molar-refractivity contribution is 5.98. The minimum absolute atomic E-state index is 0.0185. The Hall–Kier alpha value is -3.93. The molecule has 33 heavy (non-hydrogen) atoms. The number of aromatic amines is 1. The predicted octanol–water partition coefficient (Wildman–Crippen LogP) is 4.86. The molecule has 1 aliphatic rings. The molecule has 0 spiro atoms. The standard InChI is InChI=1S/C27H26N4O2/c32-26-12-6-7-17-30(26)21-13-15-22(16-14-21)31(19-20-8-2-1-3-9-20)27(33)18-25-23-10-4-5-11-24(23)28-29-25/h1-5,8-11,13-16H,6-7,12,17-19H2,(H,28,29). The number of nitrogens with zero attached hydrogens (tertiary/aromatic N) is 3. The first-order chi connectivity index (χ1) is 16.2. The van der Waals surface area contributed by atoms with Crippen LogP contribution in [0.4, 0.5) is 11.4 Å². The van der Waals surface area contributed by atoms with Crippen molar-refractivity contribution in [1.29, 1.82) is 0 Å². The number of H-pyrrole nitrogens is 1. The van der Waals surface area contributed by atoms with Crippen LogP contribution in [0.3, 0.4) is 0 Å². The third kappa shape index (κ3) is 4.51. The maximum atomic E-state index is 13.5. The van der Waals surface area contributed by atoms with Crippen molar-refractivity contribution < 1.29 is 9.59 Å². The van der Waals surface area contributed by atoms with Gasteiger partial charge in [-0.1, -0.05) is 48.5 Å². The van der Waals surface area contributed by atoms with Crippen LogP contribution in [-0.4, -0.2) is 28.6 Å². The Labute approximate surface area is 192 Å². The van der Waals surface area contributed by atoms with E-state index in [1.54, 1.807) is 4.90 Å². The highest BCUT2D eigenvalue weighted by Crippen LogP contribution is 2.26. The number of amides is 2. The van der Waals surface area contributed by atoms with Crippen LogP contribution in [0.1, 0.15) is 30.5 Å². The van der Waals surface area contributed by atoms with Crippen molar-refractivity contribution >= 4 is 34.1 Å². The predicted molar refractivity (Wildman–Crippen MR) is 130 cm³/mol. The van der Waals surface area contributed by atoms with Crippen molar-refractivity contribution in [2.75, 3.05) is 16.3 Å². The molecule has 5 rings (SSSR count). The van der Waals surface area contributed by atoms with E-state index in [0.29, 0.717) is 13.0 Å². The molecule has 2 heterocycles. The first kappa shape index (κ1) is 20.9. The molecule has 6 nitrogen and oxygen atoms in total. The molecule has 2 amide bonds. The number of fused-ring (bicyclic) bond motifs is 1. The lowest BCUT2D eigenvalue weighted by Crippen LogP contribution is -2.35. The summed E-state index contributed by atoms with van der Waals surface area (Å²) in [6.07, 6.45) is 2.79. The van der Waals surface area contributed by atoms with E-state index >= 15 is 0 Å². The molecule has 0 atom stereocenters. The monoisotopic (exact) mass is 438 g/mol. The number of piperidine rings is 1. The number of para-hydroxylation sites is 1. The highest BCUT2D eigenvalue weighted by Gasteiger charge is 2.22. The molecular weight excluding hydrogens is 412 g/mol. The van der Waals surface area contributed by atoms with Gasteiger partial charge < -0.3 is 9.80 Å². The van der Waals surface area contributed by atoms with E-state index in [0.717, 1.165) is 52.9 Å². The highest BCUT2D eigenvalue weighted by atomic mass is 16.2. The second-order valence-corrected chi connectivity index (χ2v) is 8.38. The zero-order valence-electron chi connectivity index (χ0n) is 18.4. The van der Waals surface area contributed by atoms with Gasteiger partial charge >= 0.3 is 0 Å². The zero-order chi connectivity index (χ0) is 22.6. The van der Waals surface area contributed by atoms with Crippen LogP contribution in [0.15, 0.2) is 78.9 Å². The summed E-state index contributed by atoms with van der Waals surface area (Å²) in [6.45, 7) is 1.21. The third-order valence-electron chi connectivity index (χ3n) is 6.15. The van der Waals surface area contributed by atoms with E-state index in [4.69, 9.17) is 0 Å². The number of carbonyl (C=O) groups is 2. The molecule has 3 aromatic carbocycles. The summed E-state index contributed by atoms with van der Waals surface area (Å²) in [5, 5.41) is 8.32. The molecule has 166 valence electrons. The number of hydrogen-bond acceptors (Lipinski definition) is 3. The lowest BCUT2D eigenvalue weighted by atomic mass is 10.1. The molecule has 6 heteroatoms. The molecule has 0 unspecified atom stereocenters. The Balaban J connectivity index is 1.42. The zero-order valence-corrected chi connectivity index (χ0v) is 18.4. The molecule has 4 aromatic rings. The number of anilines is 2. The van der Waals surface area contributed by atoms with Crippen LogP contribution in [-0.2, 0) is 22.6 Å². The molecular formula is C27H26N4O2. The van der Waals surface area contributed by atoms with E-state index in [-0.39, 0.29) is 18.2 Å². The number of hydrogen-bond donors (Lipinski definition) is 1. The van der Waals surface area contributed by atoms with Gasteiger partial charge in [-0.2, -0.15) is 5.10 Å². The average Bonchev–Trinajstić information content (AvgIpc) is 3.26. The Morgan fingerprint density at radius 2 is 1.70 bits per heavy atom. The van der Waals surface area contributed by atoms with E-state index in [1.807, 2.05) is 83.8 Å². The molecule has 0 aliphatic carbocycles. The normalized spacial score (nSPS) is 13.9. The maximum absolute atomic E-state index is 13.5. The number of benzene rings is 3. The minimum atomic E-state index is -0.0185. The van der Waals surface area contributed by atoms with Crippen molar-refractivity contribution in [1.82, 2.24) is 10.2 Å². The fourth-order valence-corrected chi connectivity index (χ4v) is 4.38. The van der Waals surface area contributed by atoms with Crippen LogP contribution in [0.5, 0.6) is 0 Å². The summed E-state index contributed by atoms with van der Waals surface area (Å²) >= 11 is 0. The van der Waals surface area contributed by atoms with Gasteiger partial charge in [0.1, 0.15) is 0 Å². The van der Waals surface area contributed by atoms with Gasteiger partial charge in [0, 0.05) is 29.7 Å². The molecule has 0 saturated carbocycles. The van der Waals surface area contributed by atoms with E-state index in [2.05, 4.69) is 10.2 Å². The molecule has 0 radical (unpaired) electrons. The van der Waals surface area contributed by atoms with Crippen LogP contribution in [0.25, 0.3) is 10.9 Å². The van der Waals surface area contributed by atoms with Crippen molar-refractivity contribution in [2.45, 2.75) is 32.2 Å². The smallest absolute Gasteiger partial charge is 0.233 e.